The van der Waals surface area contributed by atoms with E-state index in [2.05, 4.69) is 5.32 Å². The summed E-state index contributed by atoms with van der Waals surface area (Å²) < 4.78 is 38.6. The highest BCUT2D eigenvalue weighted by Gasteiger charge is 2.32. The normalized spacial score (nSPS) is 23.4. The molecule has 0 bridgehead atoms. The van der Waals surface area contributed by atoms with E-state index in [1.807, 2.05) is 4.90 Å². The fraction of sp³-hybridized carbons (Fsp3) is 0.600. The molecule has 0 aromatic heterocycles. The van der Waals surface area contributed by atoms with Crippen LogP contribution in [0, 0.1) is 0 Å². The predicted molar refractivity (Wildman–Crippen MR) is 77.8 cm³/mol. The van der Waals surface area contributed by atoms with Crippen molar-refractivity contribution in [1.82, 2.24) is 5.32 Å². The van der Waals surface area contributed by atoms with Gasteiger partial charge in [-0.05, 0) is 43.9 Å². The summed E-state index contributed by atoms with van der Waals surface area (Å²) in [6.45, 7) is 1.52. The minimum absolute atomic E-state index is 0.136. The zero-order valence-corrected chi connectivity index (χ0v) is 12.3. The van der Waals surface area contributed by atoms with E-state index in [4.69, 9.17) is 11.6 Å². The Kier molecular flexibility index (Phi) is 4.06. The summed E-state index contributed by atoms with van der Waals surface area (Å²) in [4.78, 5) is 2.00. The van der Waals surface area contributed by atoms with Crippen molar-refractivity contribution in [2.45, 2.75) is 43.9 Å². The standard InChI is InChI=1S/C15H18ClF3N2/c16-11-6-10(15(17,18)19)7-14(8-11)21-5-1-2-13(9-21)20-12-3-4-12/h6-8,12-13,20H,1-5,9H2. The third kappa shape index (κ3) is 3.83. The molecule has 6 heteroatoms. The monoisotopic (exact) mass is 318 g/mol. The van der Waals surface area contributed by atoms with Gasteiger partial charge in [-0.3, -0.25) is 0 Å². The van der Waals surface area contributed by atoms with Crippen LogP contribution in [0.15, 0.2) is 18.2 Å². The molecule has 0 spiro atoms. The van der Waals surface area contributed by atoms with E-state index in [0.29, 0.717) is 17.8 Å². The van der Waals surface area contributed by atoms with E-state index in [1.54, 1.807) is 6.07 Å². The molecule has 1 saturated heterocycles. The van der Waals surface area contributed by atoms with Crippen LogP contribution in [0.25, 0.3) is 0 Å². The van der Waals surface area contributed by atoms with Gasteiger partial charge in [-0.2, -0.15) is 13.2 Å². The number of benzene rings is 1. The lowest BCUT2D eigenvalue weighted by molar-refractivity contribution is -0.137. The first-order chi connectivity index (χ1) is 9.91. The Morgan fingerprint density at radius 2 is 1.86 bits per heavy atom. The zero-order valence-electron chi connectivity index (χ0n) is 11.6. The number of rotatable bonds is 3. The highest BCUT2D eigenvalue weighted by molar-refractivity contribution is 6.30. The highest BCUT2D eigenvalue weighted by Crippen LogP contribution is 2.35. The number of halogens is 4. The number of hydrogen-bond acceptors (Lipinski definition) is 2. The molecule has 1 unspecified atom stereocenters. The van der Waals surface area contributed by atoms with Gasteiger partial charge in [0, 0.05) is 35.9 Å². The fourth-order valence-electron chi connectivity index (χ4n) is 2.85. The van der Waals surface area contributed by atoms with Crippen molar-refractivity contribution in [1.29, 1.82) is 0 Å². The van der Waals surface area contributed by atoms with E-state index in [0.717, 1.165) is 32.0 Å². The van der Waals surface area contributed by atoms with Gasteiger partial charge in [0.2, 0.25) is 0 Å². The molecule has 1 aliphatic carbocycles. The fourth-order valence-corrected chi connectivity index (χ4v) is 3.08. The second-order valence-corrected chi connectivity index (χ2v) is 6.36. The molecular formula is C15H18ClF3N2. The predicted octanol–water partition coefficient (Wildman–Crippen LogP) is 4.08. The number of nitrogens with one attached hydrogen (secondary N) is 1. The number of hydrogen-bond donors (Lipinski definition) is 1. The average Bonchev–Trinajstić information content (AvgIpc) is 3.21. The molecule has 1 atom stereocenters. The average molecular weight is 319 g/mol. The molecule has 116 valence electrons. The van der Waals surface area contributed by atoms with Gasteiger partial charge < -0.3 is 10.2 Å². The van der Waals surface area contributed by atoms with Crippen LogP contribution in [-0.2, 0) is 6.18 Å². The first kappa shape index (κ1) is 15.0. The maximum Gasteiger partial charge on any atom is 0.416 e. The van der Waals surface area contributed by atoms with Crippen molar-refractivity contribution in [3.63, 3.8) is 0 Å². The maximum absolute atomic E-state index is 12.9. The molecule has 3 rings (SSSR count). The first-order valence-electron chi connectivity index (χ1n) is 7.30. The van der Waals surface area contributed by atoms with Gasteiger partial charge in [0.15, 0.2) is 0 Å². The van der Waals surface area contributed by atoms with E-state index >= 15 is 0 Å². The summed E-state index contributed by atoms with van der Waals surface area (Å²) >= 11 is 5.86. The largest absolute Gasteiger partial charge is 0.416 e. The SMILES string of the molecule is FC(F)(F)c1cc(Cl)cc(N2CCCC(NC3CC3)C2)c1. The van der Waals surface area contributed by atoms with Crippen LogP contribution in [0.3, 0.4) is 0 Å². The van der Waals surface area contributed by atoms with Gasteiger partial charge in [-0.1, -0.05) is 11.6 Å². The Hall–Kier alpha value is -0.940. The van der Waals surface area contributed by atoms with Crippen LogP contribution >= 0.6 is 11.6 Å². The Morgan fingerprint density at radius 1 is 1.10 bits per heavy atom. The molecule has 0 radical (unpaired) electrons. The number of piperidine rings is 1. The molecule has 21 heavy (non-hydrogen) atoms. The van der Waals surface area contributed by atoms with Crippen LogP contribution in [0.5, 0.6) is 0 Å². The van der Waals surface area contributed by atoms with Gasteiger partial charge in [0.1, 0.15) is 0 Å². The molecule has 1 aromatic rings. The van der Waals surface area contributed by atoms with Gasteiger partial charge in [-0.15, -0.1) is 0 Å². The first-order valence-corrected chi connectivity index (χ1v) is 7.68. The maximum atomic E-state index is 12.9. The summed E-state index contributed by atoms with van der Waals surface area (Å²) in [5.41, 5.74) is -0.112. The third-order valence-corrected chi connectivity index (χ3v) is 4.26. The smallest absolute Gasteiger partial charge is 0.370 e. The third-order valence-electron chi connectivity index (χ3n) is 4.05. The van der Waals surface area contributed by atoms with Crippen molar-refractivity contribution >= 4 is 17.3 Å². The summed E-state index contributed by atoms with van der Waals surface area (Å²) in [6.07, 6.45) is 0.136. The molecule has 2 aliphatic rings. The lowest BCUT2D eigenvalue weighted by Gasteiger charge is -2.35. The topological polar surface area (TPSA) is 15.3 Å². The summed E-state index contributed by atoms with van der Waals surface area (Å²) in [6, 6.07) is 4.77. The molecule has 0 amide bonds. The number of nitrogens with zero attached hydrogens (tertiary/aromatic N) is 1. The van der Waals surface area contributed by atoms with Crippen molar-refractivity contribution in [3.8, 4) is 0 Å². The van der Waals surface area contributed by atoms with Crippen LogP contribution in [0.4, 0.5) is 18.9 Å². The van der Waals surface area contributed by atoms with E-state index in [1.165, 1.54) is 18.9 Å². The van der Waals surface area contributed by atoms with Gasteiger partial charge in [-0.25, -0.2) is 0 Å². The van der Waals surface area contributed by atoms with E-state index in [9.17, 15) is 13.2 Å². The van der Waals surface area contributed by atoms with Gasteiger partial charge in [0.25, 0.3) is 0 Å². The molecular weight excluding hydrogens is 301 g/mol. The second-order valence-electron chi connectivity index (χ2n) is 5.92. The molecule has 1 aliphatic heterocycles. The minimum Gasteiger partial charge on any atom is -0.370 e. The van der Waals surface area contributed by atoms with Crippen LogP contribution in [0.2, 0.25) is 5.02 Å². The molecule has 2 nitrogen and oxygen atoms in total. The van der Waals surface area contributed by atoms with E-state index < -0.39 is 11.7 Å². The lowest BCUT2D eigenvalue weighted by Crippen LogP contribution is -2.46. The number of alkyl halides is 3. The lowest BCUT2D eigenvalue weighted by atomic mass is 10.0. The summed E-state index contributed by atoms with van der Waals surface area (Å²) in [7, 11) is 0. The molecule has 1 heterocycles. The molecule has 2 fully saturated rings. The van der Waals surface area contributed by atoms with Crippen molar-refractivity contribution in [3.05, 3.63) is 28.8 Å². The van der Waals surface area contributed by atoms with Crippen LogP contribution in [0.1, 0.15) is 31.2 Å². The zero-order chi connectivity index (χ0) is 15.0. The minimum atomic E-state index is -4.36. The van der Waals surface area contributed by atoms with Crippen molar-refractivity contribution in [2.24, 2.45) is 0 Å². The van der Waals surface area contributed by atoms with Crippen LogP contribution in [-0.4, -0.2) is 25.2 Å². The Bertz CT molecular complexity index is 514. The summed E-state index contributed by atoms with van der Waals surface area (Å²) in [5, 5.41) is 3.69. The Balaban J connectivity index is 1.77. The molecule has 1 saturated carbocycles. The quantitative estimate of drug-likeness (QED) is 0.903. The van der Waals surface area contributed by atoms with Crippen molar-refractivity contribution in [2.75, 3.05) is 18.0 Å². The second kappa shape index (κ2) is 5.69. The number of anilines is 1. The molecule has 1 N–H and O–H groups in total. The van der Waals surface area contributed by atoms with Crippen LogP contribution < -0.4 is 10.2 Å². The summed E-state index contributed by atoms with van der Waals surface area (Å²) in [5.74, 6) is 0. The Morgan fingerprint density at radius 3 is 2.52 bits per heavy atom. The van der Waals surface area contributed by atoms with Gasteiger partial charge >= 0.3 is 6.18 Å². The van der Waals surface area contributed by atoms with Crippen molar-refractivity contribution < 1.29 is 13.2 Å². The molecule has 1 aromatic carbocycles. The van der Waals surface area contributed by atoms with Gasteiger partial charge in [0.05, 0.1) is 5.56 Å². The Labute approximate surface area is 127 Å². The highest BCUT2D eigenvalue weighted by atomic mass is 35.5. The van der Waals surface area contributed by atoms with E-state index in [-0.39, 0.29) is 5.02 Å².